The Bertz CT molecular complexity index is 1170. The third-order valence-corrected chi connectivity index (χ3v) is 4.48. The van der Waals surface area contributed by atoms with Gasteiger partial charge in [-0.05, 0) is 24.3 Å². The van der Waals surface area contributed by atoms with Crippen molar-refractivity contribution >= 4 is 40.0 Å². The summed E-state index contributed by atoms with van der Waals surface area (Å²) in [5.74, 6) is -0.892. The van der Waals surface area contributed by atoms with E-state index in [1.165, 1.54) is 16.5 Å². The van der Waals surface area contributed by atoms with Gasteiger partial charge >= 0.3 is 5.69 Å². The second-order valence-corrected chi connectivity index (χ2v) is 6.55. The highest BCUT2D eigenvalue weighted by atomic mass is 35.5. The van der Waals surface area contributed by atoms with E-state index in [2.05, 4.69) is 10.3 Å². The lowest BCUT2D eigenvalue weighted by Gasteiger charge is -2.18. The highest BCUT2D eigenvalue weighted by molar-refractivity contribution is 6.33. The fraction of sp³-hybridized carbons (Fsp3) is 0.158. The molecule has 3 aromatic rings. The van der Waals surface area contributed by atoms with E-state index in [9.17, 15) is 19.2 Å². The molecule has 0 fully saturated rings. The third-order valence-electron chi connectivity index (χ3n) is 4.15. The zero-order chi connectivity index (χ0) is 20.3. The Morgan fingerprint density at radius 2 is 1.79 bits per heavy atom. The summed E-state index contributed by atoms with van der Waals surface area (Å²) in [6.45, 7) is -0.536. The van der Waals surface area contributed by atoms with Crippen LogP contribution < -0.4 is 16.6 Å². The van der Waals surface area contributed by atoms with E-state index in [-0.39, 0.29) is 13.1 Å². The van der Waals surface area contributed by atoms with E-state index in [1.54, 1.807) is 48.5 Å². The van der Waals surface area contributed by atoms with Crippen molar-refractivity contribution in [1.29, 1.82) is 0 Å². The second kappa shape index (κ2) is 8.10. The van der Waals surface area contributed by atoms with Crippen LogP contribution in [0.5, 0.6) is 0 Å². The molecule has 0 aliphatic heterocycles. The maximum Gasteiger partial charge on any atom is 0.329 e. The monoisotopic (exact) mass is 400 g/mol. The number of amides is 2. The average Bonchev–Trinajstić information content (AvgIpc) is 2.66. The topological polar surface area (TPSA) is 104 Å². The Morgan fingerprint density at radius 3 is 2.54 bits per heavy atom. The molecule has 0 atom stereocenters. The van der Waals surface area contributed by atoms with Gasteiger partial charge in [-0.15, -0.1) is 0 Å². The molecule has 8 nitrogen and oxygen atoms in total. The molecule has 3 rings (SSSR count). The minimum Gasteiger partial charge on any atom is -0.335 e. The van der Waals surface area contributed by atoms with Gasteiger partial charge in [-0.25, -0.2) is 4.79 Å². The maximum atomic E-state index is 12.5. The average molecular weight is 401 g/mol. The van der Waals surface area contributed by atoms with Gasteiger partial charge in [0.15, 0.2) is 0 Å². The summed E-state index contributed by atoms with van der Waals surface area (Å²) in [6, 6.07) is 13.2. The van der Waals surface area contributed by atoms with Crippen LogP contribution in [0.1, 0.15) is 0 Å². The smallest absolute Gasteiger partial charge is 0.329 e. The summed E-state index contributed by atoms with van der Waals surface area (Å²) < 4.78 is 1.17. The van der Waals surface area contributed by atoms with Gasteiger partial charge in [-0.2, -0.15) is 0 Å². The van der Waals surface area contributed by atoms with Crippen molar-refractivity contribution in [3.05, 3.63) is 74.4 Å². The van der Waals surface area contributed by atoms with Gasteiger partial charge in [-0.3, -0.25) is 23.9 Å². The molecule has 0 bridgehead atoms. The van der Waals surface area contributed by atoms with Crippen molar-refractivity contribution < 1.29 is 9.59 Å². The second-order valence-electron chi connectivity index (χ2n) is 6.14. The number of carbonyl (C=O) groups is 2. The molecular formula is C19H17ClN4O4. The van der Waals surface area contributed by atoms with Gasteiger partial charge in [-0.1, -0.05) is 35.9 Å². The number of fused-ring (bicyclic) bond motifs is 1. The van der Waals surface area contributed by atoms with Gasteiger partial charge in [0.2, 0.25) is 11.8 Å². The van der Waals surface area contributed by atoms with Crippen molar-refractivity contribution in [3.8, 4) is 0 Å². The molecule has 144 valence electrons. The predicted octanol–water partition coefficient (Wildman–Crippen LogP) is 1.44. The summed E-state index contributed by atoms with van der Waals surface area (Å²) in [4.78, 5) is 52.1. The van der Waals surface area contributed by atoms with Crippen LogP contribution in [0.15, 0.2) is 58.1 Å². The lowest BCUT2D eigenvalue weighted by Crippen LogP contribution is -2.40. The fourth-order valence-electron chi connectivity index (χ4n) is 2.71. The molecule has 0 aliphatic carbocycles. The van der Waals surface area contributed by atoms with Crippen LogP contribution in [0.25, 0.3) is 10.9 Å². The summed E-state index contributed by atoms with van der Waals surface area (Å²) in [7, 11) is 1.45. The number of halogens is 1. The van der Waals surface area contributed by atoms with Crippen molar-refractivity contribution in [1.82, 2.24) is 14.5 Å². The first-order valence-corrected chi connectivity index (χ1v) is 8.75. The van der Waals surface area contributed by atoms with E-state index in [4.69, 9.17) is 11.6 Å². The number of hydrogen-bond acceptors (Lipinski definition) is 4. The van der Waals surface area contributed by atoms with Crippen molar-refractivity contribution in [2.75, 3.05) is 18.9 Å². The zero-order valence-electron chi connectivity index (χ0n) is 14.9. The molecule has 0 saturated carbocycles. The van der Waals surface area contributed by atoms with E-state index >= 15 is 0 Å². The number of benzene rings is 2. The minimum atomic E-state index is -0.689. The summed E-state index contributed by atoms with van der Waals surface area (Å²) >= 11 is 6.00. The van der Waals surface area contributed by atoms with E-state index in [0.717, 1.165) is 0 Å². The zero-order valence-corrected chi connectivity index (χ0v) is 15.7. The SMILES string of the molecule is CN(CC(=O)Nc1ccccc1Cl)C(=O)Cn1c(=O)[nH]c(=O)c2ccccc21. The lowest BCUT2D eigenvalue weighted by molar-refractivity contribution is -0.133. The molecule has 0 saturated heterocycles. The number of anilines is 1. The third kappa shape index (κ3) is 4.12. The molecule has 2 amide bonds. The number of carbonyl (C=O) groups excluding carboxylic acids is 2. The first kappa shape index (κ1) is 19.4. The first-order chi connectivity index (χ1) is 13.4. The molecule has 2 aromatic carbocycles. The van der Waals surface area contributed by atoms with Crippen LogP contribution in [0.4, 0.5) is 5.69 Å². The van der Waals surface area contributed by atoms with Crippen LogP contribution in [-0.2, 0) is 16.1 Å². The van der Waals surface area contributed by atoms with Crippen molar-refractivity contribution in [3.63, 3.8) is 0 Å². The number of aromatic amines is 1. The number of nitrogens with one attached hydrogen (secondary N) is 2. The summed E-state index contributed by atoms with van der Waals surface area (Å²) in [6.07, 6.45) is 0. The minimum absolute atomic E-state index is 0.222. The van der Waals surface area contributed by atoms with E-state index < -0.39 is 23.1 Å². The molecule has 0 spiro atoms. The fourth-order valence-corrected chi connectivity index (χ4v) is 2.89. The van der Waals surface area contributed by atoms with Crippen molar-refractivity contribution in [2.45, 2.75) is 6.54 Å². The Balaban J connectivity index is 1.74. The number of likely N-dealkylation sites (N-methyl/N-ethyl adjacent to an activating group) is 1. The molecule has 0 aliphatic rings. The Hall–Kier alpha value is -3.39. The summed E-state index contributed by atoms with van der Waals surface area (Å²) in [5, 5.41) is 3.31. The van der Waals surface area contributed by atoms with Gasteiger partial charge in [0.25, 0.3) is 5.56 Å². The molecule has 1 aromatic heterocycles. The molecule has 2 N–H and O–H groups in total. The van der Waals surface area contributed by atoms with Crippen LogP contribution >= 0.6 is 11.6 Å². The normalized spacial score (nSPS) is 10.6. The molecule has 1 heterocycles. The van der Waals surface area contributed by atoms with Crippen LogP contribution in [-0.4, -0.2) is 39.9 Å². The number of nitrogens with zero attached hydrogens (tertiary/aromatic N) is 2. The molecule has 28 heavy (non-hydrogen) atoms. The van der Waals surface area contributed by atoms with Crippen molar-refractivity contribution in [2.24, 2.45) is 0 Å². The molecule has 9 heteroatoms. The van der Waals surface area contributed by atoms with Gasteiger partial charge in [0.1, 0.15) is 6.54 Å². The standard InChI is InChI=1S/C19H17ClN4O4/c1-23(10-16(25)21-14-8-4-3-7-13(14)20)17(26)11-24-15-9-5-2-6-12(15)18(27)22-19(24)28/h2-9H,10-11H2,1H3,(H,21,25)(H,22,27,28). The first-order valence-electron chi connectivity index (χ1n) is 8.37. The number of hydrogen-bond donors (Lipinski definition) is 2. The molecule has 0 radical (unpaired) electrons. The van der Waals surface area contributed by atoms with E-state index in [1.807, 2.05) is 0 Å². The van der Waals surface area contributed by atoms with Crippen LogP contribution in [0.3, 0.4) is 0 Å². The Kier molecular flexibility index (Phi) is 5.60. The quantitative estimate of drug-likeness (QED) is 0.676. The highest BCUT2D eigenvalue weighted by Gasteiger charge is 2.17. The Morgan fingerprint density at radius 1 is 1.11 bits per heavy atom. The Labute approximate surface area is 164 Å². The number of H-pyrrole nitrogens is 1. The van der Waals surface area contributed by atoms with Gasteiger partial charge in [0.05, 0.1) is 28.2 Å². The van der Waals surface area contributed by atoms with Gasteiger partial charge in [0, 0.05) is 7.05 Å². The maximum absolute atomic E-state index is 12.5. The predicted molar refractivity (Wildman–Crippen MR) is 107 cm³/mol. The summed E-state index contributed by atoms with van der Waals surface area (Å²) in [5.41, 5.74) is -0.417. The van der Waals surface area contributed by atoms with E-state index in [0.29, 0.717) is 21.6 Å². The van der Waals surface area contributed by atoms with Crippen LogP contribution in [0.2, 0.25) is 5.02 Å². The van der Waals surface area contributed by atoms with Gasteiger partial charge < -0.3 is 10.2 Å². The lowest BCUT2D eigenvalue weighted by atomic mass is 10.2. The molecule has 0 unspecified atom stereocenters. The van der Waals surface area contributed by atoms with Crippen LogP contribution in [0, 0.1) is 0 Å². The number of aromatic nitrogens is 2. The number of rotatable bonds is 5. The molecular weight excluding hydrogens is 384 g/mol. The highest BCUT2D eigenvalue weighted by Crippen LogP contribution is 2.20. The largest absolute Gasteiger partial charge is 0.335 e. The number of para-hydroxylation sites is 2.